The van der Waals surface area contributed by atoms with Gasteiger partial charge in [-0.3, -0.25) is 4.79 Å². The smallest absolute Gasteiger partial charge is 0.323 e. The van der Waals surface area contributed by atoms with Crippen LogP contribution in [0.25, 0.3) is 0 Å². The molecule has 1 aliphatic rings. The molecular formula is C7H13NO2S. The fourth-order valence-electron chi connectivity index (χ4n) is 1.08. The second-order valence-electron chi connectivity index (χ2n) is 2.68. The van der Waals surface area contributed by atoms with Crippen molar-refractivity contribution >= 4 is 17.7 Å². The predicted molar refractivity (Wildman–Crippen MR) is 45.7 cm³/mol. The molecule has 1 heterocycles. The zero-order valence-electron chi connectivity index (χ0n) is 6.79. The number of rotatable bonds is 1. The Balaban J connectivity index is 2.39. The number of hydrogen-bond acceptors (Lipinski definition) is 4. The number of esters is 1. The minimum absolute atomic E-state index is 0.103. The van der Waals surface area contributed by atoms with E-state index in [0.717, 1.165) is 11.5 Å². The van der Waals surface area contributed by atoms with Gasteiger partial charge in [0.25, 0.3) is 0 Å². The van der Waals surface area contributed by atoms with Crippen molar-refractivity contribution in [2.24, 2.45) is 0 Å². The fourth-order valence-corrected chi connectivity index (χ4v) is 2.13. The number of hydrogen-bond donors (Lipinski definition) is 1. The molecule has 1 saturated heterocycles. The van der Waals surface area contributed by atoms with Crippen LogP contribution in [0.4, 0.5) is 0 Å². The van der Waals surface area contributed by atoms with Gasteiger partial charge in [-0.25, -0.2) is 0 Å². The quantitative estimate of drug-likeness (QED) is 0.580. The SMILES string of the molecule is COC(=O)[C@@H]1CSC[C@@H](C)N1. The van der Waals surface area contributed by atoms with Crippen molar-refractivity contribution in [3.63, 3.8) is 0 Å². The number of methoxy groups -OCH3 is 1. The molecule has 0 aliphatic carbocycles. The summed E-state index contributed by atoms with van der Waals surface area (Å²) in [5, 5.41) is 3.17. The lowest BCUT2D eigenvalue weighted by molar-refractivity contribution is -0.142. The molecule has 4 heteroatoms. The van der Waals surface area contributed by atoms with Gasteiger partial charge in [-0.2, -0.15) is 11.8 Å². The van der Waals surface area contributed by atoms with Gasteiger partial charge in [-0.05, 0) is 6.92 Å². The molecule has 11 heavy (non-hydrogen) atoms. The summed E-state index contributed by atoms with van der Waals surface area (Å²) in [6.45, 7) is 2.07. The first-order valence-electron chi connectivity index (χ1n) is 3.65. The highest BCUT2D eigenvalue weighted by Gasteiger charge is 2.24. The van der Waals surface area contributed by atoms with E-state index in [4.69, 9.17) is 0 Å². The Morgan fingerprint density at radius 3 is 2.91 bits per heavy atom. The molecule has 0 bridgehead atoms. The lowest BCUT2D eigenvalue weighted by atomic mass is 10.3. The summed E-state index contributed by atoms with van der Waals surface area (Å²) >= 11 is 1.79. The number of thioether (sulfide) groups is 1. The van der Waals surface area contributed by atoms with Crippen LogP contribution in [0.3, 0.4) is 0 Å². The first-order valence-corrected chi connectivity index (χ1v) is 4.81. The van der Waals surface area contributed by atoms with E-state index in [1.165, 1.54) is 7.11 Å². The number of carbonyl (C=O) groups excluding carboxylic acids is 1. The van der Waals surface area contributed by atoms with Crippen LogP contribution in [0.1, 0.15) is 6.92 Å². The Morgan fingerprint density at radius 1 is 1.64 bits per heavy atom. The zero-order chi connectivity index (χ0) is 8.27. The van der Waals surface area contributed by atoms with Crippen LogP contribution in [0.15, 0.2) is 0 Å². The summed E-state index contributed by atoms with van der Waals surface area (Å²) in [5.74, 6) is 1.76. The first-order chi connectivity index (χ1) is 5.24. The van der Waals surface area contributed by atoms with Crippen LogP contribution in [-0.2, 0) is 9.53 Å². The first kappa shape index (κ1) is 8.87. The molecule has 2 atom stereocenters. The van der Waals surface area contributed by atoms with Gasteiger partial charge in [0.1, 0.15) is 6.04 Å². The van der Waals surface area contributed by atoms with Crippen LogP contribution in [0, 0.1) is 0 Å². The third-order valence-corrected chi connectivity index (χ3v) is 2.93. The number of nitrogens with one attached hydrogen (secondary N) is 1. The topological polar surface area (TPSA) is 38.3 Å². The summed E-state index contributed by atoms with van der Waals surface area (Å²) in [4.78, 5) is 11.0. The monoisotopic (exact) mass is 175 g/mol. The molecule has 0 spiro atoms. The standard InChI is InChI=1S/C7H13NO2S/c1-5-3-11-4-6(8-5)7(9)10-2/h5-6,8H,3-4H2,1-2H3/t5-,6+/m1/s1. The van der Waals surface area contributed by atoms with E-state index in [1.54, 1.807) is 11.8 Å². The van der Waals surface area contributed by atoms with Crippen LogP contribution >= 0.6 is 11.8 Å². The Morgan fingerprint density at radius 2 is 2.36 bits per heavy atom. The van der Waals surface area contributed by atoms with Crippen molar-refractivity contribution in [2.45, 2.75) is 19.0 Å². The van der Waals surface area contributed by atoms with E-state index in [2.05, 4.69) is 17.0 Å². The molecular weight excluding hydrogens is 162 g/mol. The molecule has 1 N–H and O–H groups in total. The number of ether oxygens (including phenoxy) is 1. The summed E-state index contributed by atoms with van der Waals surface area (Å²) in [7, 11) is 1.42. The highest BCUT2D eigenvalue weighted by atomic mass is 32.2. The summed E-state index contributed by atoms with van der Waals surface area (Å²) in [6, 6.07) is 0.312. The van der Waals surface area contributed by atoms with Gasteiger partial charge in [0.15, 0.2) is 0 Å². The maximum Gasteiger partial charge on any atom is 0.323 e. The third kappa shape index (κ3) is 2.38. The fraction of sp³-hybridized carbons (Fsp3) is 0.857. The van der Waals surface area contributed by atoms with Crippen LogP contribution < -0.4 is 5.32 Å². The van der Waals surface area contributed by atoms with Crippen molar-refractivity contribution in [3.05, 3.63) is 0 Å². The maximum atomic E-state index is 11.0. The average molecular weight is 175 g/mol. The Labute approximate surface area is 70.9 Å². The van der Waals surface area contributed by atoms with Crippen molar-refractivity contribution in [2.75, 3.05) is 18.6 Å². The van der Waals surface area contributed by atoms with E-state index >= 15 is 0 Å². The molecule has 1 aliphatic heterocycles. The van der Waals surface area contributed by atoms with E-state index in [0.29, 0.717) is 6.04 Å². The largest absolute Gasteiger partial charge is 0.468 e. The van der Waals surface area contributed by atoms with Gasteiger partial charge >= 0.3 is 5.97 Å². The highest BCUT2D eigenvalue weighted by Crippen LogP contribution is 2.12. The summed E-state index contributed by atoms with van der Waals surface area (Å²) in [5.41, 5.74) is 0. The molecule has 64 valence electrons. The Kier molecular flexibility index (Phi) is 3.20. The molecule has 0 aromatic rings. The zero-order valence-corrected chi connectivity index (χ0v) is 7.61. The van der Waals surface area contributed by atoms with Gasteiger partial charge in [0.05, 0.1) is 7.11 Å². The third-order valence-electron chi connectivity index (χ3n) is 1.62. The molecule has 0 amide bonds. The predicted octanol–water partition coefficient (Wildman–Crippen LogP) is 0.253. The lowest BCUT2D eigenvalue weighted by Gasteiger charge is -2.26. The molecule has 0 aromatic heterocycles. The van der Waals surface area contributed by atoms with Crippen molar-refractivity contribution < 1.29 is 9.53 Å². The second kappa shape index (κ2) is 3.97. The van der Waals surface area contributed by atoms with Crippen LogP contribution in [-0.4, -0.2) is 36.7 Å². The minimum atomic E-state index is -0.149. The number of carbonyl (C=O) groups is 1. The van der Waals surface area contributed by atoms with Gasteiger partial charge < -0.3 is 10.1 Å². The molecule has 0 saturated carbocycles. The summed E-state index contributed by atoms with van der Waals surface area (Å²) in [6.07, 6.45) is 0. The molecule has 3 nitrogen and oxygen atoms in total. The van der Waals surface area contributed by atoms with Crippen molar-refractivity contribution in [3.8, 4) is 0 Å². The molecule has 0 aromatic carbocycles. The van der Waals surface area contributed by atoms with Crippen LogP contribution in [0.5, 0.6) is 0 Å². The average Bonchev–Trinajstić information content (AvgIpc) is 2.03. The van der Waals surface area contributed by atoms with E-state index in [1.807, 2.05) is 0 Å². The van der Waals surface area contributed by atoms with Gasteiger partial charge in [-0.1, -0.05) is 0 Å². The Bertz CT molecular complexity index is 151. The molecule has 0 radical (unpaired) electrons. The molecule has 0 unspecified atom stereocenters. The Hall–Kier alpha value is -0.220. The van der Waals surface area contributed by atoms with E-state index in [9.17, 15) is 4.79 Å². The van der Waals surface area contributed by atoms with Crippen molar-refractivity contribution in [1.82, 2.24) is 5.32 Å². The second-order valence-corrected chi connectivity index (χ2v) is 3.76. The van der Waals surface area contributed by atoms with Gasteiger partial charge in [0, 0.05) is 17.5 Å². The lowest BCUT2D eigenvalue weighted by Crippen LogP contribution is -2.48. The minimum Gasteiger partial charge on any atom is -0.468 e. The normalized spacial score (nSPS) is 31.5. The maximum absolute atomic E-state index is 11.0. The molecule has 1 rings (SSSR count). The van der Waals surface area contributed by atoms with E-state index in [-0.39, 0.29) is 12.0 Å². The summed E-state index contributed by atoms with van der Waals surface area (Å²) < 4.78 is 4.62. The van der Waals surface area contributed by atoms with E-state index < -0.39 is 0 Å². The van der Waals surface area contributed by atoms with Crippen LogP contribution in [0.2, 0.25) is 0 Å². The van der Waals surface area contributed by atoms with Gasteiger partial charge in [0.2, 0.25) is 0 Å². The van der Waals surface area contributed by atoms with Gasteiger partial charge in [-0.15, -0.1) is 0 Å². The highest BCUT2D eigenvalue weighted by molar-refractivity contribution is 7.99. The molecule has 1 fully saturated rings. The van der Waals surface area contributed by atoms with Crippen molar-refractivity contribution in [1.29, 1.82) is 0 Å².